The minimum atomic E-state index is 0.445. The molecule has 0 fully saturated rings. The molecule has 0 aliphatic heterocycles. The SMILES string of the molecule is Clc1ccc(-c2nn3c(-c4ccccn4)ccnc3c2Cl)cc1Cl. The molecule has 0 saturated carbocycles. The third-order valence-electron chi connectivity index (χ3n) is 3.58. The van der Waals surface area contributed by atoms with Crippen molar-refractivity contribution in [1.29, 1.82) is 0 Å². The van der Waals surface area contributed by atoms with E-state index >= 15 is 0 Å². The smallest absolute Gasteiger partial charge is 0.175 e. The molecule has 0 spiro atoms. The molecule has 0 radical (unpaired) electrons. The summed E-state index contributed by atoms with van der Waals surface area (Å²) in [7, 11) is 0. The summed E-state index contributed by atoms with van der Waals surface area (Å²) in [6, 6.07) is 12.8. The number of aromatic nitrogens is 4. The molecule has 0 bridgehead atoms. The van der Waals surface area contributed by atoms with E-state index in [0.717, 1.165) is 17.0 Å². The first-order valence-electron chi connectivity index (χ1n) is 7.05. The van der Waals surface area contributed by atoms with E-state index in [9.17, 15) is 0 Å². The van der Waals surface area contributed by atoms with Crippen LogP contribution in [-0.4, -0.2) is 19.6 Å². The van der Waals surface area contributed by atoms with Crippen LogP contribution < -0.4 is 0 Å². The first-order chi connectivity index (χ1) is 11.6. The summed E-state index contributed by atoms with van der Waals surface area (Å²) < 4.78 is 1.68. The molecule has 0 atom stereocenters. The number of halogens is 3. The lowest BCUT2D eigenvalue weighted by molar-refractivity contribution is 0.945. The number of pyridine rings is 1. The van der Waals surface area contributed by atoms with E-state index < -0.39 is 0 Å². The molecule has 4 nitrogen and oxygen atoms in total. The van der Waals surface area contributed by atoms with Gasteiger partial charge in [0.15, 0.2) is 5.65 Å². The summed E-state index contributed by atoms with van der Waals surface area (Å²) in [4.78, 5) is 8.70. The fourth-order valence-electron chi connectivity index (χ4n) is 2.45. The largest absolute Gasteiger partial charge is 0.255 e. The highest BCUT2D eigenvalue weighted by Gasteiger charge is 2.17. The van der Waals surface area contributed by atoms with E-state index in [-0.39, 0.29) is 0 Å². The van der Waals surface area contributed by atoms with Gasteiger partial charge in [-0.15, -0.1) is 0 Å². The molecule has 118 valence electrons. The molecule has 7 heteroatoms. The van der Waals surface area contributed by atoms with E-state index in [1.165, 1.54) is 0 Å². The zero-order valence-corrected chi connectivity index (χ0v) is 14.4. The molecule has 3 aromatic heterocycles. The Kier molecular flexibility index (Phi) is 3.88. The van der Waals surface area contributed by atoms with E-state index in [2.05, 4.69) is 15.1 Å². The summed E-state index contributed by atoms with van der Waals surface area (Å²) in [6.45, 7) is 0. The lowest BCUT2D eigenvalue weighted by Gasteiger charge is -2.02. The maximum absolute atomic E-state index is 6.50. The molecule has 0 aliphatic rings. The van der Waals surface area contributed by atoms with Gasteiger partial charge < -0.3 is 0 Å². The highest BCUT2D eigenvalue weighted by molar-refractivity contribution is 6.42. The quantitative estimate of drug-likeness (QED) is 0.470. The maximum Gasteiger partial charge on any atom is 0.175 e. The van der Waals surface area contributed by atoms with E-state index in [1.54, 1.807) is 29.0 Å². The summed E-state index contributed by atoms with van der Waals surface area (Å²) in [5, 5.41) is 5.98. The normalized spacial score (nSPS) is 11.1. The molecule has 24 heavy (non-hydrogen) atoms. The Morgan fingerprint density at radius 1 is 0.833 bits per heavy atom. The molecule has 4 aromatic rings. The van der Waals surface area contributed by atoms with Gasteiger partial charge in [-0.1, -0.05) is 46.9 Å². The van der Waals surface area contributed by atoms with Crippen molar-refractivity contribution in [2.24, 2.45) is 0 Å². The van der Waals surface area contributed by atoms with Crippen LogP contribution >= 0.6 is 34.8 Å². The van der Waals surface area contributed by atoms with E-state index in [1.807, 2.05) is 30.3 Å². The van der Waals surface area contributed by atoms with Crippen molar-refractivity contribution in [3.63, 3.8) is 0 Å². The number of nitrogens with zero attached hydrogens (tertiary/aromatic N) is 4. The summed E-state index contributed by atoms with van der Waals surface area (Å²) in [5.41, 5.74) is 3.50. The van der Waals surface area contributed by atoms with Gasteiger partial charge in [-0.2, -0.15) is 5.10 Å². The molecular weight excluding hydrogens is 367 g/mol. The Labute approximate surface area is 152 Å². The van der Waals surface area contributed by atoms with Crippen molar-refractivity contribution >= 4 is 40.4 Å². The van der Waals surface area contributed by atoms with Crippen LogP contribution in [0.25, 0.3) is 28.3 Å². The van der Waals surface area contributed by atoms with Crippen LogP contribution in [0.1, 0.15) is 0 Å². The number of benzene rings is 1. The number of rotatable bonds is 2. The molecule has 0 N–H and O–H groups in total. The monoisotopic (exact) mass is 374 g/mol. The van der Waals surface area contributed by atoms with Gasteiger partial charge in [0.2, 0.25) is 0 Å². The summed E-state index contributed by atoms with van der Waals surface area (Å²) >= 11 is 18.6. The molecule has 0 saturated heterocycles. The van der Waals surface area contributed by atoms with E-state index in [0.29, 0.717) is 26.4 Å². The van der Waals surface area contributed by atoms with Crippen molar-refractivity contribution in [1.82, 2.24) is 19.6 Å². The van der Waals surface area contributed by atoms with Gasteiger partial charge in [-0.3, -0.25) is 4.98 Å². The highest BCUT2D eigenvalue weighted by Crippen LogP contribution is 2.34. The van der Waals surface area contributed by atoms with Crippen molar-refractivity contribution in [2.45, 2.75) is 0 Å². The van der Waals surface area contributed by atoms with Crippen molar-refractivity contribution in [3.05, 3.63) is 69.9 Å². The van der Waals surface area contributed by atoms with Crippen LogP contribution in [0.2, 0.25) is 15.1 Å². The van der Waals surface area contributed by atoms with Crippen molar-refractivity contribution in [2.75, 3.05) is 0 Å². The molecule has 0 unspecified atom stereocenters. The molecule has 3 heterocycles. The molecular formula is C17H9Cl3N4. The van der Waals surface area contributed by atoms with Crippen molar-refractivity contribution in [3.8, 4) is 22.6 Å². The lowest BCUT2D eigenvalue weighted by atomic mass is 10.1. The Balaban J connectivity index is 1.96. The second-order valence-electron chi connectivity index (χ2n) is 5.07. The number of hydrogen-bond donors (Lipinski definition) is 0. The predicted octanol–water partition coefficient (Wildman–Crippen LogP) is 5.42. The third-order valence-corrected chi connectivity index (χ3v) is 4.67. The summed E-state index contributed by atoms with van der Waals surface area (Å²) in [6.07, 6.45) is 3.41. The molecule has 1 aromatic carbocycles. The Morgan fingerprint density at radius 3 is 2.46 bits per heavy atom. The van der Waals surface area contributed by atoms with E-state index in [4.69, 9.17) is 34.8 Å². The van der Waals surface area contributed by atoms with Gasteiger partial charge in [-0.05, 0) is 30.3 Å². The first-order valence-corrected chi connectivity index (χ1v) is 8.18. The number of hydrogen-bond acceptors (Lipinski definition) is 3. The molecule has 4 rings (SSSR count). The second-order valence-corrected chi connectivity index (χ2v) is 6.26. The minimum absolute atomic E-state index is 0.445. The van der Waals surface area contributed by atoms with Crippen LogP contribution in [0, 0.1) is 0 Å². The van der Waals surface area contributed by atoms with Crippen LogP contribution in [0.15, 0.2) is 54.9 Å². The second kappa shape index (κ2) is 6.06. The van der Waals surface area contributed by atoms with Crippen LogP contribution in [0.5, 0.6) is 0 Å². The van der Waals surface area contributed by atoms with Crippen LogP contribution in [0.4, 0.5) is 0 Å². The maximum atomic E-state index is 6.50. The fourth-order valence-corrected chi connectivity index (χ4v) is 3.03. The standard InChI is InChI=1S/C17H9Cl3N4/c18-11-5-4-10(9-12(11)19)16-15(20)17-22-8-6-14(24(17)23-16)13-3-1-2-7-21-13/h1-9H. The van der Waals surface area contributed by atoms with Crippen molar-refractivity contribution < 1.29 is 0 Å². The lowest BCUT2D eigenvalue weighted by Crippen LogP contribution is -1.97. The predicted molar refractivity (Wildman–Crippen MR) is 96.7 cm³/mol. The fraction of sp³-hybridized carbons (Fsp3) is 0. The van der Waals surface area contributed by atoms with Crippen LogP contribution in [0.3, 0.4) is 0 Å². The van der Waals surface area contributed by atoms with Gasteiger partial charge in [0, 0.05) is 18.0 Å². The Morgan fingerprint density at radius 2 is 1.71 bits per heavy atom. The molecule has 0 amide bonds. The Hall–Kier alpha value is -2.14. The minimum Gasteiger partial charge on any atom is -0.255 e. The third kappa shape index (κ3) is 2.53. The summed E-state index contributed by atoms with van der Waals surface area (Å²) in [5.74, 6) is 0. The van der Waals surface area contributed by atoms with Gasteiger partial charge in [0.25, 0.3) is 0 Å². The Bertz CT molecular complexity index is 1040. The van der Waals surface area contributed by atoms with Gasteiger partial charge >= 0.3 is 0 Å². The average Bonchev–Trinajstić information content (AvgIpc) is 2.95. The zero-order chi connectivity index (χ0) is 16.7. The van der Waals surface area contributed by atoms with Crippen LogP contribution in [-0.2, 0) is 0 Å². The zero-order valence-electron chi connectivity index (χ0n) is 12.1. The highest BCUT2D eigenvalue weighted by atomic mass is 35.5. The average molecular weight is 376 g/mol. The number of fused-ring (bicyclic) bond motifs is 1. The van der Waals surface area contributed by atoms with Gasteiger partial charge in [-0.25, -0.2) is 9.50 Å². The van der Waals surface area contributed by atoms with Gasteiger partial charge in [0.1, 0.15) is 10.7 Å². The first kappa shape index (κ1) is 15.4. The molecule has 0 aliphatic carbocycles. The van der Waals surface area contributed by atoms with Gasteiger partial charge in [0.05, 0.1) is 21.4 Å². The topological polar surface area (TPSA) is 43.1 Å².